The average Bonchev–Trinajstić information content (AvgIpc) is 3.47. The fourth-order valence-electron chi connectivity index (χ4n) is 7.17. The zero-order chi connectivity index (χ0) is 28.3. The molecule has 1 aliphatic carbocycles. The molecule has 1 aliphatic rings. The van der Waals surface area contributed by atoms with Crippen LogP contribution < -0.4 is 0 Å². The monoisotopic (exact) mass is 564 g/mol. The van der Waals surface area contributed by atoms with Gasteiger partial charge in [0.15, 0.2) is 0 Å². The summed E-state index contributed by atoms with van der Waals surface area (Å²) in [7, 11) is 0. The summed E-state index contributed by atoms with van der Waals surface area (Å²) in [6, 6.07) is 51.5. The molecule has 0 bridgehead atoms. The third kappa shape index (κ3) is 3.96. The molecule has 0 radical (unpaired) electrons. The van der Waals surface area contributed by atoms with Crippen molar-refractivity contribution in [2.45, 2.75) is 12.3 Å². The lowest BCUT2D eigenvalue weighted by Gasteiger charge is -2.24. The molecule has 1 aromatic heterocycles. The molecule has 1 unspecified atom stereocenters. The first kappa shape index (κ1) is 24.6. The summed E-state index contributed by atoms with van der Waals surface area (Å²) >= 11 is 1.89. The van der Waals surface area contributed by atoms with Crippen molar-refractivity contribution in [1.29, 1.82) is 0 Å². The van der Waals surface area contributed by atoms with Crippen molar-refractivity contribution in [3.05, 3.63) is 162 Å². The van der Waals surface area contributed by atoms with E-state index in [0.29, 0.717) is 5.92 Å². The SMILES string of the molecule is C1=CC(c2cccc(-c3cccc(-c4cccc5c4sc4ccccc45)c3)c2)Cc2c1c1ccccc1c1ccccc21. The van der Waals surface area contributed by atoms with Crippen molar-refractivity contribution in [3.63, 3.8) is 0 Å². The third-order valence-corrected chi connectivity index (χ3v) is 10.4. The largest absolute Gasteiger partial charge is 0.135 e. The van der Waals surface area contributed by atoms with Gasteiger partial charge in [-0.2, -0.15) is 0 Å². The van der Waals surface area contributed by atoms with Crippen LogP contribution >= 0.6 is 11.3 Å². The lowest BCUT2D eigenvalue weighted by Crippen LogP contribution is -2.07. The fraction of sp³-hybridized carbons (Fsp3) is 0.0476. The molecular weight excluding hydrogens is 537 g/mol. The van der Waals surface area contributed by atoms with E-state index in [1.807, 2.05) is 11.3 Å². The van der Waals surface area contributed by atoms with E-state index in [0.717, 1.165) is 6.42 Å². The van der Waals surface area contributed by atoms with Crippen LogP contribution in [0.15, 0.2) is 146 Å². The topological polar surface area (TPSA) is 0 Å². The Morgan fingerprint density at radius 2 is 1.12 bits per heavy atom. The van der Waals surface area contributed by atoms with Crippen molar-refractivity contribution < 1.29 is 0 Å². The second-order valence-electron chi connectivity index (χ2n) is 11.6. The van der Waals surface area contributed by atoms with Gasteiger partial charge < -0.3 is 0 Å². The van der Waals surface area contributed by atoms with E-state index in [2.05, 4.69) is 152 Å². The summed E-state index contributed by atoms with van der Waals surface area (Å²) in [5, 5.41) is 8.11. The molecule has 0 spiro atoms. The molecule has 202 valence electrons. The Kier molecular flexibility index (Phi) is 5.61. The van der Waals surface area contributed by atoms with Gasteiger partial charge in [0.2, 0.25) is 0 Å². The molecule has 0 N–H and O–H groups in total. The van der Waals surface area contributed by atoms with Crippen molar-refractivity contribution in [2.75, 3.05) is 0 Å². The summed E-state index contributed by atoms with van der Waals surface area (Å²) in [5.41, 5.74) is 9.32. The van der Waals surface area contributed by atoms with Gasteiger partial charge in [-0.1, -0.05) is 140 Å². The van der Waals surface area contributed by atoms with E-state index < -0.39 is 0 Å². The molecule has 0 aliphatic heterocycles. The van der Waals surface area contributed by atoms with Gasteiger partial charge in [-0.05, 0) is 79.0 Å². The van der Waals surface area contributed by atoms with E-state index in [1.54, 1.807) is 0 Å². The lowest BCUT2D eigenvalue weighted by atomic mass is 9.80. The standard InChI is InChI=1S/C42H28S/c1-2-16-35-33(14-1)34-15-3-4-17-36(34)40-26-30(22-23-37(35)40)28-11-7-10-27(24-28)29-12-8-13-31(25-29)32-19-9-20-39-38-18-5-6-21-41(38)43-42(32)39/h1-25,30H,26H2. The fourth-order valence-corrected chi connectivity index (χ4v) is 8.41. The van der Waals surface area contributed by atoms with Crippen LogP contribution in [0, 0.1) is 0 Å². The predicted molar refractivity (Wildman–Crippen MR) is 187 cm³/mol. The molecule has 1 heteroatoms. The number of rotatable bonds is 3. The van der Waals surface area contributed by atoms with E-state index in [9.17, 15) is 0 Å². The average molecular weight is 565 g/mol. The van der Waals surface area contributed by atoms with Gasteiger partial charge in [0.25, 0.3) is 0 Å². The van der Waals surface area contributed by atoms with Crippen LogP contribution in [0.2, 0.25) is 0 Å². The Hall–Kier alpha value is -4.98. The number of allylic oxidation sites excluding steroid dienone is 1. The first-order chi connectivity index (χ1) is 21.3. The number of thiophene rings is 1. The summed E-state index contributed by atoms with van der Waals surface area (Å²) in [6.07, 6.45) is 5.80. The number of benzene rings is 7. The molecule has 0 saturated heterocycles. The smallest absolute Gasteiger partial charge is 0.0433 e. The number of fused-ring (bicyclic) bond motifs is 9. The Morgan fingerprint density at radius 1 is 0.488 bits per heavy atom. The Morgan fingerprint density at radius 3 is 1.98 bits per heavy atom. The molecule has 7 aromatic carbocycles. The van der Waals surface area contributed by atoms with Crippen LogP contribution in [-0.4, -0.2) is 0 Å². The van der Waals surface area contributed by atoms with Crippen LogP contribution in [0.1, 0.15) is 22.6 Å². The van der Waals surface area contributed by atoms with Gasteiger partial charge in [0.05, 0.1) is 0 Å². The number of hydrogen-bond donors (Lipinski definition) is 0. The molecule has 8 aromatic rings. The van der Waals surface area contributed by atoms with Crippen molar-refractivity contribution in [1.82, 2.24) is 0 Å². The minimum atomic E-state index is 0.340. The Bertz CT molecular complexity index is 2390. The maximum Gasteiger partial charge on any atom is 0.0433 e. The van der Waals surface area contributed by atoms with E-state index >= 15 is 0 Å². The van der Waals surface area contributed by atoms with E-state index in [4.69, 9.17) is 0 Å². The van der Waals surface area contributed by atoms with E-state index in [-0.39, 0.29) is 0 Å². The van der Waals surface area contributed by atoms with Gasteiger partial charge >= 0.3 is 0 Å². The molecule has 0 fully saturated rings. The quantitative estimate of drug-likeness (QED) is 0.187. The maximum absolute atomic E-state index is 2.42. The highest BCUT2D eigenvalue weighted by Gasteiger charge is 2.21. The van der Waals surface area contributed by atoms with Crippen LogP contribution in [0.5, 0.6) is 0 Å². The van der Waals surface area contributed by atoms with Gasteiger partial charge in [0, 0.05) is 26.1 Å². The van der Waals surface area contributed by atoms with Crippen molar-refractivity contribution >= 4 is 59.1 Å². The summed E-state index contributed by atoms with van der Waals surface area (Å²) in [6.45, 7) is 0. The molecule has 0 amide bonds. The zero-order valence-electron chi connectivity index (χ0n) is 23.6. The first-order valence-electron chi connectivity index (χ1n) is 15.0. The van der Waals surface area contributed by atoms with Crippen LogP contribution in [0.25, 0.3) is 70.0 Å². The van der Waals surface area contributed by atoms with Crippen molar-refractivity contribution in [2.24, 2.45) is 0 Å². The van der Waals surface area contributed by atoms with Gasteiger partial charge in [-0.3, -0.25) is 0 Å². The summed E-state index contributed by atoms with van der Waals surface area (Å²) in [4.78, 5) is 0. The van der Waals surface area contributed by atoms with Crippen molar-refractivity contribution in [3.8, 4) is 22.3 Å². The predicted octanol–water partition coefficient (Wildman–Crippen LogP) is 12.0. The Balaban J connectivity index is 1.11. The summed E-state index contributed by atoms with van der Waals surface area (Å²) in [5.74, 6) is 0.340. The molecule has 43 heavy (non-hydrogen) atoms. The van der Waals surface area contributed by atoms with Crippen LogP contribution in [0.4, 0.5) is 0 Å². The lowest BCUT2D eigenvalue weighted by molar-refractivity contribution is 0.835. The van der Waals surface area contributed by atoms with Gasteiger partial charge in [-0.15, -0.1) is 11.3 Å². The third-order valence-electron chi connectivity index (χ3n) is 9.23. The minimum Gasteiger partial charge on any atom is -0.135 e. The molecule has 0 nitrogen and oxygen atoms in total. The van der Waals surface area contributed by atoms with Gasteiger partial charge in [0.1, 0.15) is 0 Å². The minimum absolute atomic E-state index is 0.340. The first-order valence-corrected chi connectivity index (χ1v) is 15.8. The molecule has 9 rings (SSSR count). The van der Waals surface area contributed by atoms with Crippen LogP contribution in [0.3, 0.4) is 0 Å². The normalized spacial score (nSPS) is 14.6. The second kappa shape index (κ2) is 9.80. The second-order valence-corrected chi connectivity index (χ2v) is 12.7. The highest BCUT2D eigenvalue weighted by Crippen LogP contribution is 2.42. The zero-order valence-corrected chi connectivity index (χ0v) is 24.4. The molecule has 0 saturated carbocycles. The maximum atomic E-state index is 2.42. The molecule has 1 atom stereocenters. The number of hydrogen-bond acceptors (Lipinski definition) is 1. The Labute approximate surface area is 255 Å². The highest BCUT2D eigenvalue weighted by atomic mass is 32.1. The summed E-state index contributed by atoms with van der Waals surface area (Å²) < 4.78 is 2.71. The van der Waals surface area contributed by atoms with E-state index in [1.165, 1.54) is 80.7 Å². The molecule has 1 heterocycles. The van der Waals surface area contributed by atoms with Gasteiger partial charge in [-0.25, -0.2) is 0 Å². The molecular formula is C42H28S. The van der Waals surface area contributed by atoms with Crippen LogP contribution in [-0.2, 0) is 6.42 Å². The highest BCUT2D eigenvalue weighted by molar-refractivity contribution is 7.26.